The summed E-state index contributed by atoms with van der Waals surface area (Å²) in [5, 5.41) is 21.5. The van der Waals surface area contributed by atoms with Gasteiger partial charge >= 0.3 is 0 Å². The molecule has 9 heteroatoms. The number of aromatic nitrogens is 2. The summed E-state index contributed by atoms with van der Waals surface area (Å²) in [6.07, 6.45) is 2.91. The molecule has 0 fully saturated rings. The first kappa shape index (κ1) is 23.3. The number of thioether (sulfide) groups is 1. The Morgan fingerprint density at radius 3 is 2.85 bits per heavy atom. The van der Waals surface area contributed by atoms with Gasteiger partial charge in [0.15, 0.2) is 6.61 Å². The van der Waals surface area contributed by atoms with Gasteiger partial charge in [0.2, 0.25) is 5.91 Å². The molecule has 0 saturated carbocycles. The second-order valence-electron chi connectivity index (χ2n) is 9.03. The van der Waals surface area contributed by atoms with Gasteiger partial charge < -0.3 is 14.5 Å². The van der Waals surface area contributed by atoms with Crippen LogP contribution < -0.4 is 10.1 Å². The van der Waals surface area contributed by atoms with Crippen LogP contribution in [0.25, 0.3) is 0 Å². The second kappa shape index (κ2) is 9.98. The van der Waals surface area contributed by atoms with E-state index in [0.717, 1.165) is 36.6 Å². The highest BCUT2D eigenvalue weighted by atomic mass is 32.2. The van der Waals surface area contributed by atoms with E-state index in [1.54, 1.807) is 0 Å². The van der Waals surface area contributed by atoms with Gasteiger partial charge in [0.25, 0.3) is 11.1 Å². The summed E-state index contributed by atoms with van der Waals surface area (Å²) in [5.41, 5.74) is 1.94. The third-order valence-corrected chi connectivity index (χ3v) is 7.72. The van der Waals surface area contributed by atoms with Gasteiger partial charge in [-0.25, -0.2) is 0 Å². The number of ether oxygens (including phenoxy) is 1. The van der Waals surface area contributed by atoms with Crippen LogP contribution in [0, 0.1) is 22.7 Å². The van der Waals surface area contributed by atoms with Crippen LogP contribution in [0.2, 0.25) is 0 Å². The molecule has 0 bridgehead atoms. The second-order valence-corrected chi connectivity index (χ2v) is 11.1. The Kier molecular flexibility index (Phi) is 7.05. The van der Waals surface area contributed by atoms with Crippen LogP contribution >= 0.6 is 23.1 Å². The highest BCUT2D eigenvalue weighted by Crippen LogP contribution is 2.44. The van der Waals surface area contributed by atoms with Crippen LogP contribution in [0.3, 0.4) is 0 Å². The molecule has 0 saturated heterocycles. The molecule has 1 aromatic carbocycles. The van der Waals surface area contributed by atoms with E-state index in [2.05, 4.69) is 42.4 Å². The minimum atomic E-state index is -0.206. The van der Waals surface area contributed by atoms with Crippen LogP contribution in [0.15, 0.2) is 40.0 Å². The summed E-state index contributed by atoms with van der Waals surface area (Å²) in [4.78, 5) is 13.8. The van der Waals surface area contributed by atoms with Crippen LogP contribution in [0.1, 0.15) is 49.1 Å². The highest BCUT2D eigenvalue weighted by molar-refractivity contribution is 7.99. The van der Waals surface area contributed by atoms with Crippen LogP contribution in [0.5, 0.6) is 5.75 Å². The standard InChI is InChI=1S/C24H26N4O3S2/c1-24(2,3)15-9-10-17-18(12-25)22(33-19(17)11-15)26-20(29)14-32-23-28-27-21(31-23)13-30-16-7-5-4-6-8-16/h4-8,15H,9-11,13-14H2,1-3H3,(H,26,29)/t15-/m1/s1. The summed E-state index contributed by atoms with van der Waals surface area (Å²) in [5.74, 6) is 1.53. The molecule has 7 nitrogen and oxygen atoms in total. The number of anilines is 1. The molecule has 172 valence electrons. The van der Waals surface area contributed by atoms with Gasteiger partial charge in [-0.2, -0.15) is 5.26 Å². The average molecular weight is 483 g/mol. The van der Waals surface area contributed by atoms with E-state index in [1.165, 1.54) is 16.2 Å². The van der Waals surface area contributed by atoms with Crippen molar-refractivity contribution >= 4 is 34.0 Å². The molecule has 1 atom stereocenters. The number of fused-ring (bicyclic) bond motifs is 1. The predicted molar refractivity (Wildman–Crippen MR) is 128 cm³/mol. The average Bonchev–Trinajstić information content (AvgIpc) is 3.39. The van der Waals surface area contributed by atoms with E-state index < -0.39 is 0 Å². The first-order valence-corrected chi connectivity index (χ1v) is 12.6. The maximum Gasteiger partial charge on any atom is 0.277 e. The Morgan fingerprint density at radius 1 is 1.33 bits per heavy atom. The van der Waals surface area contributed by atoms with Crippen molar-refractivity contribution in [2.24, 2.45) is 11.3 Å². The largest absolute Gasteiger partial charge is 0.484 e. The molecule has 1 aliphatic rings. The molecule has 1 aliphatic carbocycles. The quantitative estimate of drug-likeness (QED) is 0.446. The van der Waals surface area contributed by atoms with Crippen LogP contribution in [-0.4, -0.2) is 21.9 Å². The lowest BCUT2D eigenvalue weighted by Crippen LogP contribution is -2.26. The number of hydrogen-bond acceptors (Lipinski definition) is 8. The SMILES string of the molecule is CC(C)(C)[C@@H]1CCc2c(sc(NC(=O)CSc3nnc(COc4ccccc4)o3)c2C#N)C1. The Bertz CT molecular complexity index is 1160. The number of thiophene rings is 1. The maximum absolute atomic E-state index is 12.6. The third kappa shape index (κ3) is 5.75. The van der Waals surface area contributed by atoms with Gasteiger partial charge in [0, 0.05) is 4.88 Å². The molecular weight excluding hydrogens is 456 g/mol. The zero-order chi connectivity index (χ0) is 23.4. The lowest BCUT2D eigenvalue weighted by Gasteiger charge is -2.33. The van der Waals surface area contributed by atoms with E-state index >= 15 is 0 Å². The number of amides is 1. The molecule has 1 N–H and O–H groups in total. The van der Waals surface area contributed by atoms with Gasteiger partial charge in [0.1, 0.15) is 16.8 Å². The maximum atomic E-state index is 12.6. The minimum absolute atomic E-state index is 0.110. The summed E-state index contributed by atoms with van der Waals surface area (Å²) >= 11 is 2.69. The first-order valence-electron chi connectivity index (χ1n) is 10.8. The molecule has 0 spiro atoms. The number of nitrogens with one attached hydrogen (secondary N) is 1. The Balaban J connectivity index is 1.32. The van der Waals surface area contributed by atoms with Crippen molar-refractivity contribution < 1.29 is 13.9 Å². The molecule has 0 unspecified atom stereocenters. The van der Waals surface area contributed by atoms with Gasteiger partial charge in [-0.05, 0) is 48.3 Å². The fraction of sp³-hybridized carbons (Fsp3) is 0.417. The summed E-state index contributed by atoms with van der Waals surface area (Å²) in [6, 6.07) is 11.7. The molecule has 33 heavy (non-hydrogen) atoms. The smallest absolute Gasteiger partial charge is 0.277 e. The molecule has 1 amide bonds. The van der Waals surface area contributed by atoms with E-state index in [4.69, 9.17) is 9.15 Å². The third-order valence-electron chi connectivity index (χ3n) is 5.74. The van der Waals surface area contributed by atoms with Crippen molar-refractivity contribution in [1.82, 2.24) is 10.2 Å². The normalized spacial score (nSPS) is 15.5. The summed E-state index contributed by atoms with van der Waals surface area (Å²) in [6.45, 7) is 6.94. The molecule has 4 rings (SSSR count). The van der Waals surface area contributed by atoms with E-state index in [9.17, 15) is 10.1 Å². The number of benzene rings is 1. The van der Waals surface area contributed by atoms with Crippen molar-refractivity contribution in [2.45, 2.75) is 51.9 Å². The fourth-order valence-electron chi connectivity index (χ4n) is 3.84. The van der Waals surface area contributed by atoms with E-state index in [1.807, 2.05) is 30.3 Å². The molecule has 2 heterocycles. The lowest BCUT2D eigenvalue weighted by molar-refractivity contribution is -0.113. The number of para-hydroxylation sites is 1. The Labute approximate surface area is 201 Å². The van der Waals surface area contributed by atoms with Crippen molar-refractivity contribution in [1.29, 1.82) is 5.26 Å². The van der Waals surface area contributed by atoms with Gasteiger partial charge in [-0.1, -0.05) is 50.7 Å². The molecule has 0 radical (unpaired) electrons. The fourth-order valence-corrected chi connectivity index (χ4v) is 5.71. The minimum Gasteiger partial charge on any atom is -0.484 e. The van der Waals surface area contributed by atoms with Gasteiger partial charge in [0.05, 0.1) is 11.3 Å². The number of nitriles is 1. The molecular formula is C24H26N4O3S2. The number of carbonyl (C=O) groups excluding carboxylic acids is 1. The monoisotopic (exact) mass is 482 g/mol. The van der Waals surface area contributed by atoms with E-state index in [-0.39, 0.29) is 23.7 Å². The van der Waals surface area contributed by atoms with Gasteiger partial charge in [-0.3, -0.25) is 4.79 Å². The molecule has 2 aromatic heterocycles. The highest BCUT2D eigenvalue weighted by Gasteiger charge is 2.32. The van der Waals surface area contributed by atoms with Crippen molar-refractivity contribution in [2.75, 3.05) is 11.1 Å². The number of rotatable bonds is 7. The molecule has 0 aliphatic heterocycles. The number of hydrogen-bond donors (Lipinski definition) is 1. The van der Waals surface area contributed by atoms with Crippen molar-refractivity contribution in [3.05, 3.63) is 52.2 Å². The Morgan fingerprint density at radius 2 is 2.12 bits per heavy atom. The Hall–Kier alpha value is -2.83. The zero-order valence-electron chi connectivity index (χ0n) is 18.9. The number of nitrogens with zero attached hydrogens (tertiary/aromatic N) is 3. The zero-order valence-corrected chi connectivity index (χ0v) is 20.5. The first-order chi connectivity index (χ1) is 15.8. The molecule has 3 aromatic rings. The lowest BCUT2D eigenvalue weighted by atomic mass is 9.72. The van der Waals surface area contributed by atoms with Crippen LogP contribution in [0.4, 0.5) is 5.00 Å². The van der Waals surface area contributed by atoms with Crippen molar-refractivity contribution in [3.8, 4) is 11.8 Å². The van der Waals surface area contributed by atoms with Crippen molar-refractivity contribution in [3.63, 3.8) is 0 Å². The summed E-state index contributed by atoms with van der Waals surface area (Å²) in [7, 11) is 0. The van der Waals surface area contributed by atoms with Crippen LogP contribution in [-0.2, 0) is 24.2 Å². The predicted octanol–water partition coefficient (Wildman–Crippen LogP) is 5.46. The summed E-state index contributed by atoms with van der Waals surface area (Å²) < 4.78 is 11.1. The van der Waals surface area contributed by atoms with E-state index in [0.29, 0.717) is 33.3 Å². The topological polar surface area (TPSA) is 101 Å². The number of carbonyl (C=O) groups is 1. The van der Waals surface area contributed by atoms with Gasteiger partial charge in [-0.15, -0.1) is 21.5 Å².